The highest BCUT2D eigenvalue weighted by Crippen LogP contribution is 2.42. The predicted octanol–water partition coefficient (Wildman–Crippen LogP) is 3.31. The molecule has 1 aliphatic rings. The van der Waals surface area contributed by atoms with Crippen molar-refractivity contribution >= 4 is 11.6 Å². The lowest BCUT2D eigenvalue weighted by atomic mass is 9.71. The van der Waals surface area contributed by atoms with Crippen molar-refractivity contribution in [2.45, 2.75) is 52.1 Å². The first kappa shape index (κ1) is 16.8. The van der Waals surface area contributed by atoms with Gasteiger partial charge in [-0.25, -0.2) is 0 Å². The first-order chi connectivity index (χ1) is 9.80. The van der Waals surface area contributed by atoms with Gasteiger partial charge in [0.05, 0.1) is 29.5 Å². The van der Waals surface area contributed by atoms with E-state index < -0.39 is 0 Å². The van der Waals surface area contributed by atoms with Crippen LogP contribution in [-0.4, -0.2) is 35.3 Å². The Hall–Kier alpha value is -0.580. The minimum atomic E-state index is -0.00161. The van der Waals surface area contributed by atoms with E-state index in [1.165, 1.54) is 25.7 Å². The second-order valence-corrected chi connectivity index (χ2v) is 7.84. The SMILES string of the molecule is CN(C)CCn1ncc(Cl)c1C(N)C1CCC(C)(C)CC1. The molecule has 0 radical (unpaired) electrons. The van der Waals surface area contributed by atoms with Crippen LogP contribution in [0.25, 0.3) is 0 Å². The van der Waals surface area contributed by atoms with Crippen LogP contribution in [0.2, 0.25) is 5.02 Å². The van der Waals surface area contributed by atoms with Crippen LogP contribution in [-0.2, 0) is 6.54 Å². The maximum absolute atomic E-state index is 6.55. The van der Waals surface area contributed by atoms with E-state index in [0.29, 0.717) is 16.4 Å². The minimum Gasteiger partial charge on any atom is -0.322 e. The van der Waals surface area contributed by atoms with Gasteiger partial charge in [-0.1, -0.05) is 25.4 Å². The third-order valence-corrected chi connectivity index (χ3v) is 5.09. The van der Waals surface area contributed by atoms with Gasteiger partial charge in [0.2, 0.25) is 0 Å². The molecule has 120 valence electrons. The second kappa shape index (κ2) is 6.67. The number of halogens is 1. The van der Waals surface area contributed by atoms with E-state index in [2.05, 4.69) is 37.9 Å². The van der Waals surface area contributed by atoms with Gasteiger partial charge < -0.3 is 10.6 Å². The molecule has 0 aromatic carbocycles. The van der Waals surface area contributed by atoms with Gasteiger partial charge >= 0.3 is 0 Å². The van der Waals surface area contributed by atoms with Crippen molar-refractivity contribution in [1.29, 1.82) is 0 Å². The Labute approximate surface area is 133 Å². The molecule has 1 aromatic heterocycles. The van der Waals surface area contributed by atoms with Crippen LogP contribution in [0.4, 0.5) is 0 Å². The molecule has 0 spiro atoms. The fourth-order valence-electron chi connectivity index (χ4n) is 3.18. The van der Waals surface area contributed by atoms with Gasteiger partial charge in [-0.2, -0.15) is 5.10 Å². The lowest BCUT2D eigenvalue weighted by Gasteiger charge is -2.37. The average molecular weight is 313 g/mol. The van der Waals surface area contributed by atoms with Crippen molar-refractivity contribution in [3.63, 3.8) is 0 Å². The van der Waals surface area contributed by atoms with Crippen molar-refractivity contribution in [2.75, 3.05) is 20.6 Å². The topological polar surface area (TPSA) is 47.1 Å². The molecule has 2 rings (SSSR count). The van der Waals surface area contributed by atoms with E-state index in [4.69, 9.17) is 17.3 Å². The van der Waals surface area contributed by atoms with Crippen molar-refractivity contribution < 1.29 is 0 Å². The molecule has 1 aromatic rings. The summed E-state index contributed by atoms with van der Waals surface area (Å²) in [6.07, 6.45) is 6.59. The van der Waals surface area contributed by atoms with Gasteiger partial charge in [-0.05, 0) is 51.1 Å². The molecule has 5 heteroatoms. The molecule has 0 saturated heterocycles. The van der Waals surface area contributed by atoms with Crippen LogP contribution in [0.15, 0.2) is 6.20 Å². The summed E-state index contributed by atoms with van der Waals surface area (Å²) in [5.74, 6) is 0.519. The molecule has 0 amide bonds. The van der Waals surface area contributed by atoms with Gasteiger partial charge in [-0.3, -0.25) is 4.68 Å². The highest BCUT2D eigenvalue weighted by Gasteiger charge is 2.32. The first-order valence-electron chi connectivity index (χ1n) is 7.92. The molecule has 1 saturated carbocycles. The van der Waals surface area contributed by atoms with Crippen LogP contribution < -0.4 is 5.73 Å². The summed E-state index contributed by atoms with van der Waals surface area (Å²) in [6.45, 7) is 6.47. The van der Waals surface area contributed by atoms with E-state index in [1.807, 2.05) is 4.68 Å². The summed E-state index contributed by atoms with van der Waals surface area (Å²) < 4.78 is 1.99. The molecular formula is C16H29ClN4. The van der Waals surface area contributed by atoms with Gasteiger partial charge in [0.15, 0.2) is 0 Å². The molecular weight excluding hydrogens is 284 g/mol. The first-order valence-corrected chi connectivity index (χ1v) is 8.29. The van der Waals surface area contributed by atoms with Gasteiger partial charge in [0.1, 0.15) is 0 Å². The number of hydrogen-bond donors (Lipinski definition) is 1. The van der Waals surface area contributed by atoms with E-state index in [9.17, 15) is 0 Å². The van der Waals surface area contributed by atoms with Gasteiger partial charge in [0, 0.05) is 6.54 Å². The highest BCUT2D eigenvalue weighted by atomic mass is 35.5. The molecule has 0 aliphatic heterocycles. The van der Waals surface area contributed by atoms with E-state index >= 15 is 0 Å². The molecule has 1 fully saturated rings. The Kier molecular flexibility index (Phi) is 5.33. The largest absolute Gasteiger partial charge is 0.322 e. The fourth-order valence-corrected chi connectivity index (χ4v) is 3.45. The number of nitrogens with two attached hydrogens (primary N) is 1. The maximum atomic E-state index is 6.55. The van der Waals surface area contributed by atoms with Crippen LogP contribution in [0, 0.1) is 11.3 Å². The van der Waals surface area contributed by atoms with Crippen molar-refractivity contribution in [2.24, 2.45) is 17.1 Å². The smallest absolute Gasteiger partial charge is 0.0834 e. The molecule has 1 unspecified atom stereocenters. The Morgan fingerprint density at radius 2 is 2.05 bits per heavy atom. The summed E-state index contributed by atoms with van der Waals surface area (Å²) >= 11 is 6.35. The molecule has 1 atom stereocenters. The number of aromatic nitrogens is 2. The summed E-state index contributed by atoms with van der Waals surface area (Å²) in [5.41, 5.74) is 8.03. The van der Waals surface area contributed by atoms with Crippen LogP contribution in [0.5, 0.6) is 0 Å². The molecule has 4 nitrogen and oxygen atoms in total. The van der Waals surface area contributed by atoms with Gasteiger partial charge in [-0.15, -0.1) is 0 Å². The highest BCUT2D eigenvalue weighted by molar-refractivity contribution is 6.31. The number of rotatable bonds is 5. The Balaban J connectivity index is 2.08. The van der Waals surface area contributed by atoms with Crippen LogP contribution in [0.3, 0.4) is 0 Å². The van der Waals surface area contributed by atoms with Crippen LogP contribution >= 0.6 is 11.6 Å². The Bertz CT molecular complexity index is 457. The van der Waals surface area contributed by atoms with E-state index in [1.54, 1.807) is 6.20 Å². The Morgan fingerprint density at radius 1 is 1.43 bits per heavy atom. The van der Waals surface area contributed by atoms with Crippen molar-refractivity contribution in [3.8, 4) is 0 Å². The fraction of sp³-hybridized carbons (Fsp3) is 0.812. The standard InChI is InChI=1S/C16H29ClN4/c1-16(2)7-5-12(6-8-16)14(18)15-13(17)11-19-21(15)10-9-20(3)4/h11-12,14H,5-10,18H2,1-4H3. The second-order valence-electron chi connectivity index (χ2n) is 7.43. The summed E-state index contributed by atoms with van der Waals surface area (Å²) in [6, 6.07) is -0.00161. The van der Waals surface area contributed by atoms with Crippen molar-refractivity contribution in [1.82, 2.24) is 14.7 Å². The molecule has 21 heavy (non-hydrogen) atoms. The monoisotopic (exact) mass is 312 g/mol. The zero-order valence-electron chi connectivity index (χ0n) is 13.8. The lowest BCUT2D eigenvalue weighted by Crippen LogP contribution is -2.31. The van der Waals surface area contributed by atoms with Crippen LogP contribution in [0.1, 0.15) is 51.3 Å². The maximum Gasteiger partial charge on any atom is 0.0834 e. The molecule has 0 bridgehead atoms. The zero-order valence-corrected chi connectivity index (χ0v) is 14.5. The average Bonchev–Trinajstić information content (AvgIpc) is 2.76. The Morgan fingerprint density at radius 3 is 2.62 bits per heavy atom. The van der Waals surface area contributed by atoms with E-state index in [-0.39, 0.29) is 6.04 Å². The normalized spacial score (nSPS) is 20.9. The number of hydrogen-bond acceptors (Lipinski definition) is 3. The summed E-state index contributed by atoms with van der Waals surface area (Å²) in [7, 11) is 4.13. The van der Waals surface area contributed by atoms with E-state index in [0.717, 1.165) is 18.8 Å². The number of likely N-dealkylation sites (N-methyl/N-ethyl adjacent to an activating group) is 1. The summed E-state index contributed by atoms with van der Waals surface area (Å²) in [5, 5.41) is 5.12. The molecule has 1 heterocycles. The molecule has 1 aliphatic carbocycles. The predicted molar refractivity (Wildman–Crippen MR) is 88.5 cm³/mol. The molecule has 2 N–H and O–H groups in total. The number of nitrogens with zero attached hydrogens (tertiary/aromatic N) is 3. The van der Waals surface area contributed by atoms with Gasteiger partial charge in [0.25, 0.3) is 0 Å². The zero-order chi connectivity index (χ0) is 15.6. The minimum absolute atomic E-state index is 0.00161. The summed E-state index contributed by atoms with van der Waals surface area (Å²) in [4.78, 5) is 2.15. The quantitative estimate of drug-likeness (QED) is 0.907. The third kappa shape index (κ3) is 4.21. The lowest BCUT2D eigenvalue weighted by molar-refractivity contribution is 0.170. The van der Waals surface area contributed by atoms with Crippen molar-refractivity contribution in [3.05, 3.63) is 16.9 Å². The third-order valence-electron chi connectivity index (χ3n) is 4.80.